The van der Waals surface area contributed by atoms with Crippen molar-refractivity contribution in [3.05, 3.63) is 71.8 Å². The van der Waals surface area contributed by atoms with Gasteiger partial charge in [-0.15, -0.1) is 0 Å². The number of alkyl halides is 3. The van der Waals surface area contributed by atoms with E-state index in [0.717, 1.165) is 6.07 Å². The van der Waals surface area contributed by atoms with E-state index in [2.05, 4.69) is 25.4 Å². The van der Waals surface area contributed by atoms with Gasteiger partial charge in [0.05, 0.1) is 17.5 Å². The summed E-state index contributed by atoms with van der Waals surface area (Å²) in [6.07, 6.45) is -1.76. The van der Waals surface area contributed by atoms with Crippen molar-refractivity contribution in [1.29, 1.82) is 0 Å². The number of amides is 1. The zero-order chi connectivity index (χ0) is 20.6. The molecule has 0 fully saturated rings. The first-order valence-electron chi connectivity index (χ1n) is 8.45. The predicted octanol–water partition coefficient (Wildman–Crippen LogP) is 3.77. The number of nitrogens with zero attached hydrogens (tertiary/aromatic N) is 5. The molecule has 1 N–H and O–H groups in total. The summed E-state index contributed by atoms with van der Waals surface area (Å²) in [5.74, 6) is -0.486. The Morgan fingerprint density at radius 3 is 2.62 bits per heavy atom. The van der Waals surface area contributed by atoms with Crippen molar-refractivity contribution in [1.82, 2.24) is 24.6 Å². The van der Waals surface area contributed by atoms with Gasteiger partial charge in [-0.3, -0.25) is 10.1 Å². The number of benzene rings is 1. The number of aryl methyl sites for hydroxylation is 1. The standard InChI is InChI=1S/C19H13F3N6O/c1-11-8-9-23-18(25-11)26-17(29)15-10-24-16-7-6-14(27-28(15)16)12-4-2-3-5-13(12)19(20,21)22/h2-10H,1H3,(H,23,25,26,29). The monoisotopic (exact) mass is 398 g/mol. The number of rotatable bonds is 3. The summed E-state index contributed by atoms with van der Waals surface area (Å²) in [5, 5.41) is 6.74. The smallest absolute Gasteiger partial charge is 0.289 e. The Balaban J connectivity index is 1.75. The van der Waals surface area contributed by atoms with Crippen LogP contribution in [0.25, 0.3) is 16.9 Å². The van der Waals surface area contributed by atoms with Crippen molar-refractivity contribution in [2.24, 2.45) is 0 Å². The van der Waals surface area contributed by atoms with Crippen molar-refractivity contribution in [2.45, 2.75) is 13.1 Å². The summed E-state index contributed by atoms with van der Waals surface area (Å²) in [6.45, 7) is 1.75. The van der Waals surface area contributed by atoms with Crippen molar-refractivity contribution < 1.29 is 18.0 Å². The number of anilines is 1. The van der Waals surface area contributed by atoms with E-state index < -0.39 is 17.6 Å². The number of hydrogen-bond acceptors (Lipinski definition) is 5. The number of nitrogens with one attached hydrogen (secondary N) is 1. The van der Waals surface area contributed by atoms with Crippen molar-refractivity contribution >= 4 is 17.5 Å². The second kappa shape index (κ2) is 6.97. The molecule has 0 spiro atoms. The van der Waals surface area contributed by atoms with Crippen LogP contribution in [-0.4, -0.2) is 30.5 Å². The number of carbonyl (C=O) groups is 1. The van der Waals surface area contributed by atoms with E-state index in [1.807, 2.05) is 0 Å². The Hall–Kier alpha value is -3.82. The first-order valence-corrected chi connectivity index (χ1v) is 8.45. The molecule has 0 unspecified atom stereocenters. The highest BCUT2D eigenvalue weighted by molar-refractivity contribution is 6.02. The molecule has 3 aromatic heterocycles. The number of imidazole rings is 1. The lowest BCUT2D eigenvalue weighted by Crippen LogP contribution is -2.17. The van der Waals surface area contributed by atoms with Crippen LogP contribution < -0.4 is 5.32 Å². The zero-order valence-electron chi connectivity index (χ0n) is 15.0. The molecule has 1 aromatic carbocycles. The summed E-state index contributed by atoms with van der Waals surface area (Å²) >= 11 is 0. The van der Waals surface area contributed by atoms with Gasteiger partial charge in [-0.05, 0) is 31.2 Å². The molecule has 0 aliphatic rings. The third kappa shape index (κ3) is 3.64. The number of carbonyl (C=O) groups excluding carboxylic acids is 1. The topological polar surface area (TPSA) is 85.1 Å². The van der Waals surface area contributed by atoms with Crippen molar-refractivity contribution in [3.8, 4) is 11.3 Å². The molecule has 0 saturated heterocycles. The Morgan fingerprint density at radius 1 is 1.07 bits per heavy atom. The number of aromatic nitrogens is 5. The molecule has 29 heavy (non-hydrogen) atoms. The second-order valence-corrected chi connectivity index (χ2v) is 6.15. The molecule has 0 radical (unpaired) electrons. The molecule has 10 heteroatoms. The minimum atomic E-state index is -4.54. The molecule has 0 saturated carbocycles. The maximum atomic E-state index is 13.3. The number of halogens is 3. The van der Waals surface area contributed by atoms with Crippen LogP contribution in [0.4, 0.5) is 19.1 Å². The lowest BCUT2D eigenvalue weighted by Gasteiger charge is -2.12. The van der Waals surface area contributed by atoms with E-state index in [1.54, 1.807) is 13.0 Å². The minimum Gasteiger partial charge on any atom is -0.289 e. The zero-order valence-corrected chi connectivity index (χ0v) is 15.0. The van der Waals surface area contributed by atoms with Crippen molar-refractivity contribution in [2.75, 3.05) is 5.32 Å². The first-order chi connectivity index (χ1) is 13.8. The van der Waals surface area contributed by atoms with Crippen LogP contribution in [0.3, 0.4) is 0 Å². The van der Waals surface area contributed by atoms with Crippen LogP contribution in [0.1, 0.15) is 21.7 Å². The highest BCUT2D eigenvalue weighted by Gasteiger charge is 2.33. The van der Waals surface area contributed by atoms with Gasteiger partial charge in [-0.1, -0.05) is 18.2 Å². The molecule has 4 rings (SSSR count). The maximum absolute atomic E-state index is 13.3. The van der Waals surface area contributed by atoms with Gasteiger partial charge in [0.1, 0.15) is 0 Å². The molecule has 3 heterocycles. The van der Waals surface area contributed by atoms with Gasteiger partial charge < -0.3 is 0 Å². The fraction of sp³-hybridized carbons (Fsp3) is 0.105. The summed E-state index contributed by atoms with van der Waals surface area (Å²) < 4.78 is 41.2. The van der Waals surface area contributed by atoms with Crippen LogP contribution >= 0.6 is 0 Å². The van der Waals surface area contributed by atoms with Gasteiger partial charge in [-0.2, -0.15) is 18.3 Å². The normalized spacial score (nSPS) is 11.6. The first kappa shape index (κ1) is 18.5. The van der Waals surface area contributed by atoms with Crippen LogP contribution in [0, 0.1) is 6.92 Å². The Labute approximate surface area is 162 Å². The lowest BCUT2D eigenvalue weighted by molar-refractivity contribution is -0.137. The minimum absolute atomic E-state index is 0.0384. The van der Waals surface area contributed by atoms with E-state index in [1.165, 1.54) is 47.2 Å². The molecular formula is C19H13F3N6O. The van der Waals surface area contributed by atoms with E-state index in [4.69, 9.17) is 0 Å². The maximum Gasteiger partial charge on any atom is 0.417 e. The highest BCUT2D eigenvalue weighted by atomic mass is 19.4. The molecule has 0 atom stereocenters. The van der Waals surface area contributed by atoms with E-state index in [9.17, 15) is 18.0 Å². The molecule has 7 nitrogen and oxygen atoms in total. The molecule has 0 aliphatic heterocycles. The number of fused-ring (bicyclic) bond motifs is 1. The molecular weight excluding hydrogens is 385 g/mol. The van der Waals surface area contributed by atoms with E-state index in [0.29, 0.717) is 11.3 Å². The van der Waals surface area contributed by atoms with Gasteiger partial charge in [0.2, 0.25) is 5.95 Å². The summed E-state index contributed by atoms with van der Waals surface area (Å²) in [7, 11) is 0. The van der Waals surface area contributed by atoms with Gasteiger partial charge in [0, 0.05) is 17.5 Å². The fourth-order valence-corrected chi connectivity index (χ4v) is 2.80. The molecule has 4 aromatic rings. The van der Waals surface area contributed by atoms with Crippen LogP contribution in [0.5, 0.6) is 0 Å². The van der Waals surface area contributed by atoms with Crippen molar-refractivity contribution in [3.63, 3.8) is 0 Å². The summed E-state index contributed by atoms with van der Waals surface area (Å²) in [5.41, 5.74) is 0.169. The summed E-state index contributed by atoms with van der Waals surface area (Å²) in [6, 6.07) is 9.71. The van der Waals surface area contributed by atoms with E-state index >= 15 is 0 Å². The third-order valence-electron chi connectivity index (χ3n) is 4.12. The van der Waals surface area contributed by atoms with Gasteiger partial charge >= 0.3 is 6.18 Å². The molecule has 0 bridgehead atoms. The van der Waals surface area contributed by atoms with Gasteiger partial charge in [0.25, 0.3) is 5.91 Å². The van der Waals surface area contributed by atoms with Crippen LogP contribution in [-0.2, 0) is 6.18 Å². The van der Waals surface area contributed by atoms with Gasteiger partial charge in [0.15, 0.2) is 11.3 Å². The highest BCUT2D eigenvalue weighted by Crippen LogP contribution is 2.36. The largest absolute Gasteiger partial charge is 0.417 e. The Kier molecular flexibility index (Phi) is 4.45. The average molecular weight is 398 g/mol. The summed E-state index contributed by atoms with van der Waals surface area (Å²) in [4.78, 5) is 24.7. The van der Waals surface area contributed by atoms with Crippen LogP contribution in [0.15, 0.2) is 54.9 Å². The van der Waals surface area contributed by atoms with Gasteiger partial charge in [-0.25, -0.2) is 19.5 Å². The SMILES string of the molecule is Cc1ccnc(NC(=O)c2cnc3ccc(-c4ccccc4C(F)(F)F)nn23)n1. The van der Waals surface area contributed by atoms with E-state index in [-0.39, 0.29) is 22.9 Å². The molecule has 0 aliphatic carbocycles. The molecule has 146 valence electrons. The lowest BCUT2D eigenvalue weighted by atomic mass is 10.0. The Bertz CT molecular complexity index is 1220. The average Bonchev–Trinajstić information content (AvgIpc) is 3.10. The number of hydrogen-bond donors (Lipinski definition) is 1. The third-order valence-corrected chi connectivity index (χ3v) is 4.12. The fourth-order valence-electron chi connectivity index (χ4n) is 2.80. The molecule has 1 amide bonds. The second-order valence-electron chi connectivity index (χ2n) is 6.15. The van der Waals surface area contributed by atoms with Crippen LogP contribution in [0.2, 0.25) is 0 Å². The Morgan fingerprint density at radius 2 is 1.86 bits per heavy atom. The quantitative estimate of drug-likeness (QED) is 0.568. The predicted molar refractivity (Wildman–Crippen MR) is 98.1 cm³/mol.